The van der Waals surface area contributed by atoms with Gasteiger partial charge in [-0.2, -0.15) is 0 Å². The highest BCUT2D eigenvalue weighted by Gasteiger charge is 2.31. The van der Waals surface area contributed by atoms with Crippen molar-refractivity contribution in [1.82, 2.24) is 5.32 Å². The van der Waals surface area contributed by atoms with Crippen LogP contribution in [-0.2, 0) is 4.79 Å². The van der Waals surface area contributed by atoms with Gasteiger partial charge in [0, 0.05) is 12.0 Å². The van der Waals surface area contributed by atoms with Gasteiger partial charge in [-0.1, -0.05) is 6.42 Å². The summed E-state index contributed by atoms with van der Waals surface area (Å²) in [6.45, 7) is 1.08. The molecule has 5 N–H and O–H groups in total. The van der Waals surface area contributed by atoms with Crippen molar-refractivity contribution >= 4 is 5.91 Å². The predicted molar refractivity (Wildman–Crippen MR) is 60.7 cm³/mol. The van der Waals surface area contributed by atoms with Gasteiger partial charge in [-0.25, -0.2) is 0 Å². The zero-order chi connectivity index (χ0) is 12.2. The lowest BCUT2D eigenvalue weighted by molar-refractivity contribution is -0.129. The standard InChI is InChI=1S/C11H22N2O3/c1-11(6-14,7-15)13-10(16)8-3-2-4-9(12)5-8/h8-9,14-15H,2-7,12H2,1H3,(H,13,16). The molecule has 16 heavy (non-hydrogen) atoms. The Morgan fingerprint density at radius 2 is 2.06 bits per heavy atom. The first-order valence-corrected chi connectivity index (χ1v) is 5.80. The highest BCUT2D eigenvalue weighted by molar-refractivity contribution is 5.79. The van der Waals surface area contributed by atoms with Crippen molar-refractivity contribution in [1.29, 1.82) is 0 Å². The van der Waals surface area contributed by atoms with Gasteiger partial charge in [-0.15, -0.1) is 0 Å². The molecule has 0 aromatic carbocycles. The summed E-state index contributed by atoms with van der Waals surface area (Å²) in [7, 11) is 0. The van der Waals surface area contributed by atoms with Crippen molar-refractivity contribution < 1.29 is 15.0 Å². The van der Waals surface area contributed by atoms with Gasteiger partial charge < -0.3 is 21.3 Å². The summed E-state index contributed by atoms with van der Waals surface area (Å²) in [6.07, 6.45) is 3.47. The van der Waals surface area contributed by atoms with Gasteiger partial charge in [0.15, 0.2) is 0 Å². The van der Waals surface area contributed by atoms with E-state index in [1.54, 1.807) is 6.92 Å². The normalized spacial score (nSPS) is 26.5. The van der Waals surface area contributed by atoms with Crippen LogP contribution in [0, 0.1) is 5.92 Å². The van der Waals surface area contributed by atoms with Gasteiger partial charge in [-0.05, 0) is 26.2 Å². The van der Waals surface area contributed by atoms with Gasteiger partial charge in [0.1, 0.15) is 0 Å². The lowest BCUT2D eigenvalue weighted by Crippen LogP contribution is -2.54. The first-order valence-electron chi connectivity index (χ1n) is 5.80. The van der Waals surface area contributed by atoms with Gasteiger partial charge in [0.05, 0.1) is 18.8 Å². The molecule has 2 atom stereocenters. The number of aliphatic hydroxyl groups excluding tert-OH is 2. The number of hydrogen-bond donors (Lipinski definition) is 4. The number of nitrogens with one attached hydrogen (secondary N) is 1. The molecule has 94 valence electrons. The minimum Gasteiger partial charge on any atom is -0.394 e. The highest BCUT2D eigenvalue weighted by atomic mass is 16.3. The van der Waals surface area contributed by atoms with E-state index in [-0.39, 0.29) is 31.1 Å². The van der Waals surface area contributed by atoms with Crippen LogP contribution < -0.4 is 11.1 Å². The van der Waals surface area contributed by atoms with Crippen LogP contribution in [0.2, 0.25) is 0 Å². The van der Waals surface area contributed by atoms with Crippen molar-refractivity contribution in [3.63, 3.8) is 0 Å². The quantitative estimate of drug-likeness (QED) is 0.517. The number of carbonyl (C=O) groups is 1. The molecule has 5 nitrogen and oxygen atoms in total. The first-order chi connectivity index (χ1) is 7.50. The lowest BCUT2D eigenvalue weighted by Gasteiger charge is -2.31. The second kappa shape index (κ2) is 5.61. The van der Waals surface area contributed by atoms with Crippen LogP contribution in [0.1, 0.15) is 32.6 Å². The second-order valence-electron chi connectivity index (χ2n) is 4.99. The van der Waals surface area contributed by atoms with E-state index < -0.39 is 5.54 Å². The third kappa shape index (κ3) is 3.43. The minimum absolute atomic E-state index is 0.0822. The van der Waals surface area contributed by atoms with E-state index in [0.29, 0.717) is 6.42 Å². The van der Waals surface area contributed by atoms with Crippen LogP contribution in [0.3, 0.4) is 0 Å². The first kappa shape index (κ1) is 13.4. The molecule has 0 aromatic heterocycles. The Bertz CT molecular complexity index is 241. The molecule has 0 saturated heterocycles. The molecule has 5 heteroatoms. The topological polar surface area (TPSA) is 95.6 Å². The SMILES string of the molecule is CC(CO)(CO)NC(=O)C1CCCC(N)C1. The third-order valence-corrected chi connectivity index (χ3v) is 3.21. The summed E-state index contributed by atoms with van der Waals surface area (Å²) in [6, 6.07) is 0.0963. The molecule has 0 bridgehead atoms. The van der Waals surface area contributed by atoms with E-state index in [2.05, 4.69) is 5.32 Å². The zero-order valence-electron chi connectivity index (χ0n) is 9.78. The van der Waals surface area contributed by atoms with Gasteiger partial charge >= 0.3 is 0 Å². The Balaban J connectivity index is 2.51. The molecule has 0 radical (unpaired) electrons. The molecule has 2 unspecified atom stereocenters. The number of amides is 1. The zero-order valence-corrected chi connectivity index (χ0v) is 9.78. The van der Waals surface area contributed by atoms with Crippen molar-refractivity contribution in [2.45, 2.75) is 44.2 Å². The van der Waals surface area contributed by atoms with Crippen LogP contribution in [0.25, 0.3) is 0 Å². The summed E-state index contributed by atoms with van der Waals surface area (Å²) < 4.78 is 0. The van der Waals surface area contributed by atoms with Crippen LogP contribution in [0.15, 0.2) is 0 Å². The van der Waals surface area contributed by atoms with E-state index in [1.807, 2.05) is 0 Å². The van der Waals surface area contributed by atoms with Crippen LogP contribution in [-0.4, -0.2) is 40.9 Å². The molecule has 0 aliphatic heterocycles. The molecule has 1 fully saturated rings. The molecule has 1 amide bonds. The summed E-state index contributed by atoms with van der Waals surface area (Å²) in [5.74, 6) is -0.193. The summed E-state index contributed by atoms with van der Waals surface area (Å²) in [5.41, 5.74) is 4.88. The van der Waals surface area contributed by atoms with Gasteiger partial charge in [0.2, 0.25) is 5.91 Å². The van der Waals surface area contributed by atoms with Crippen molar-refractivity contribution in [3.05, 3.63) is 0 Å². The predicted octanol–water partition coefficient (Wildman–Crippen LogP) is -0.637. The minimum atomic E-state index is -0.932. The number of carbonyl (C=O) groups excluding carboxylic acids is 1. The molecule has 0 heterocycles. The van der Waals surface area contributed by atoms with E-state index >= 15 is 0 Å². The van der Waals surface area contributed by atoms with Crippen molar-refractivity contribution in [2.24, 2.45) is 11.7 Å². The number of aliphatic hydroxyl groups is 2. The third-order valence-electron chi connectivity index (χ3n) is 3.21. The molecule has 0 spiro atoms. The Morgan fingerprint density at radius 3 is 2.56 bits per heavy atom. The fraction of sp³-hybridized carbons (Fsp3) is 0.909. The molecular weight excluding hydrogens is 208 g/mol. The number of rotatable bonds is 4. The Morgan fingerprint density at radius 1 is 1.44 bits per heavy atom. The molecular formula is C11H22N2O3. The molecule has 1 rings (SSSR count). The van der Waals surface area contributed by atoms with Crippen LogP contribution >= 0.6 is 0 Å². The van der Waals surface area contributed by atoms with Crippen LogP contribution in [0.5, 0.6) is 0 Å². The summed E-state index contributed by atoms with van der Waals surface area (Å²) in [4.78, 5) is 11.9. The van der Waals surface area contributed by atoms with Crippen molar-refractivity contribution in [2.75, 3.05) is 13.2 Å². The fourth-order valence-corrected chi connectivity index (χ4v) is 1.99. The molecule has 1 aliphatic rings. The molecule has 1 saturated carbocycles. The van der Waals surface area contributed by atoms with Crippen molar-refractivity contribution in [3.8, 4) is 0 Å². The molecule has 0 aromatic rings. The van der Waals surface area contributed by atoms with E-state index in [4.69, 9.17) is 15.9 Å². The fourth-order valence-electron chi connectivity index (χ4n) is 1.99. The van der Waals surface area contributed by atoms with E-state index in [9.17, 15) is 4.79 Å². The Hall–Kier alpha value is -0.650. The van der Waals surface area contributed by atoms with Crippen LogP contribution in [0.4, 0.5) is 0 Å². The second-order valence-corrected chi connectivity index (χ2v) is 4.99. The molecule has 1 aliphatic carbocycles. The Kier molecular flexibility index (Phi) is 4.70. The highest BCUT2D eigenvalue weighted by Crippen LogP contribution is 2.23. The maximum absolute atomic E-state index is 11.9. The largest absolute Gasteiger partial charge is 0.394 e. The van der Waals surface area contributed by atoms with E-state index in [1.165, 1.54) is 0 Å². The lowest BCUT2D eigenvalue weighted by atomic mass is 9.85. The Labute approximate surface area is 96.0 Å². The average molecular weight is 230 g/mol. The summed E-state index contributed by atoms with van der Waals surface area (Å²) in [5, 5.41) is 20.9. The maximum Gasteiger partial charge on any atom is 0.223 e. The van der Waals surface area contributed by atoms with Gasteiger partial charge in [0.25, 0.3) is 0 Å². The number of hydrogen-bond acceptors (Lipinski definition) is 4. The number of nitrogens with two attached hydrogens (primary N) is 1. The maximum atomic E-state index is 11.9. The summed E-state index contributed by atoms with van der Waals surface area (Å²) >= 11 is 0. The average Bonchev–Trinajstić information content (AvgIpc) is 2.29. The monoisotopic (exact) mass is 230 g/mol. The van der Waals surface area contributed by atoms with Gasteiger partial charge in [-0.3, -0.25) is 4.79 Å². The smallest absolute Gasteiger partial charge is 0.223 e. The van der Waals surface area contributed by atoms with E-state index in [0.717, 1.165) is 19.3 Å².